The van der Waals surface area contributed by atoms with Crippen LogP contribution in [0.15, 0.2) is 24.3 Å². The number of halogens is 1. The number of fused-ring (bicyclic) bond motifs is 1. The lowest BCUT2D eigenvalue weighted by Crippen LogP contribution is -2.22. The molecule has 0 fully saturated rings. The van der Waals surface area contributed by atoms with Crippen LogP contribution in [0.3, 0.4) is 0 Å². The van der Waals surface area contributed by atoms with Crippen LogP contribution in [0.1, 0.15) is 21.1 Å². The van der Waals surface area contributed by atoms with Crippen molar-refractivity contribution in [3.8, 4) is 0 Å². The van der Waals surface area contributed by atoms with Gasteiger partial charge in [0, 0.05) is 35.8 Å². The highest BCUT2D eigenvalue weighted by molar-refractivity contribution is 7.11. The van der Waals surface area contributed by atoms with E-state index < -0.39 is 0 Å². The summed E-state index contributed by atoms with van der Waals surface area (Å²) in [5.74, 6) is 0. The van der Waals surface area contributed by atoms with Crippen molar-refractivity contribution in [2.24, 2.45) is 0 Å². The van der Waals surface area contributed by atoms with Crippen molar-refractivity contribution in [2.75, 3.05) is 6.54 Å². The predicted molar refractivity (Wildman–Crippen MR) is 71.8 cm³/mol. The molecule has 1 aromatic heterocycles. The summed E-state index contributed by atoms with van der Waals surface area (Å²) in [5.41, 5.74) is 2.52. The van der Waals surface area contributed by atoms with E-state index in [0.717, 1.165) is 31.0 Å². The van der Waals surface area contributed by atoms with Crippen LogP contribution in [0, 0.1) is 0 Å². The van der Waals surface area contributed by atoms with Gasteiger partial charge in [-0.15, -0.1) is 11.3 Å². The zero-order valence-electron chi connectivity index (χ0n) is 9.37. The first-order chi connectivity index (χ1) is 8.31. The summed E-state index contributed by atoms with van der Waals surface area (Å²) in [4.78, 5) is 6.11. The van der Waals surface area contributed by atoms with Gasteiger partial charge < -0.3 is 5.32 Å². The molecule has 0 atom stereocenters. The number of hydrogen-bond donors (Lipinski definition) is 1. The lowest BCUT2D eigenvalue weighted by Gasteiger charge is -2.09. The van der Waals surface area contributed by atoms with Gasteiger partial charge in [0.15, 0.2) is 0 Å². The minimum Gasteiger partial charge on any atom is -0.311 e. The van der Waals surface area contributed by atoms with Crippen molar-refractivity contribution >= 4 is 22.9 Å². The smallest absolute Gasteiger partial charge is 0.0975 e. The average molecular weight is 265 g/mol. The van der Waals surface area contributed by atoms with E-state index in [9.17, 15) is 0 Å². The number of benzene rings is 1. The number of nitrogens with one attached hydrogen (secondary N) is 1. The van der Waals surface area contributed by atoms with Crippen LogP contribution in [0.5, 0.6) is 0 Å². The number of nitrogens with zero attached hydrogens (tertiary/aromatic N) is 1. The summed E-state index contributed by atoms with van der Waals surface area (Å²) in [6.07, 6.45) is 1.94. The van der Waals surface area contributed by atoms with Crippen LogP contribution in [0.25, 0.3) is 0 Å². The second kappa shape index (κ2) is 4.77. The first-order valence-electron chi connectivity index (χ1n) is 5.74. The largest absolute Gasteiger partial charge is 0.311 e. The highest BCUT2D eigenvalue weighted by Gasteiger charge is 2.14. The molecule has 0 saturated heterocycles. The zero-order valence-corrected chi connectivity index (χ0v) is 10.9. The molecule has 2 aromatic rings. The van der Waals surface area contributed by atoms with E-state index in [-0.39, 0.29) is 0 Å². The molecule has 0 bridgehead atoms. The molecule has 0 amide bonds. The second-order valence-corrected chi connectivity index (χ2v) is 5.82. The Morgan fingerprint density at radius 1 is 1.41 bits per heavy atom. The average Bonchev–Trinajstić information content (AvgIpc) is 2.71. The Morgan fingerprint density at radius 3 is 3.18 bits per heavy atom. The fourth-order valence-electron chi connectivity index (χ4n) is 2.08. The molecule has 88 valence electrons. The number of thiazole rings is 1. The van der Waals surface area contributed by atoms with Gasteiger partial charge in [-0.2, -0.15) is 0 Å². The van der Waals surface area contributed by atoms with Crippen LogP contribution < -0.4 is 5.32 Å². The van der Waals surface area contributed by atoms with Crippen molar-refractivity contribution in [2.45, 2.75) is 19.4 Å². The molecule has 17 heavy (non-hydrogen) atoms. The highest BCUT2D eigenvalue weighted by atomic mass is 35.5. The van der Waals surface area contributed by atoms with Gasteiger partial charge in [0.2, 0.25) is 0 Å². The zero-order chi connectivity index (χ0) is 11.7. The Hall–Kier alpha value is -0.900. The van der Waals surface area contributed by atoms with Gasteiger partial charge in [-0.05, 0) is 17.7 Å². The second-order valence-electron chi connectivity index (χ2n) is 4.21. The van der Waals surface area contributed by atoms with Gasteiger partial charge in [0.05, 0.1) is 10.7 Å². The summed E-state index contributed by atoms with van der Waals surface area (Å²) < 4.78 is 0. The van der Waals surface area contributed by atoms with Crippen LogP contribution in [0.2, 0.25) is 5.02 Å². The number of rotatable bonds is 2. The van der Waals surface area contributed by atoms with Gasteiger partial charge in [0.1, 0.15) is 0 Å². The van der Waals surface area contributed by atoms with E-state index in [4.69, 9.17) is 16.6 Å². The molecular weight excluding hydrogens is 252 g/mol. The molecule has 2 nitrogen and oxygen atoms in total. The van der Waals surface area contributed by atoms with E-state index in [1.165, 1.54) is 21.1 Å². The first-order valence-corrected chi connectivity index (χ1v) is 6.93. The molecule has 1 aliphatic heterocycles. The first kappa shape index (κ1) is 11.2. The van der Waals surface area contributed by atoms with E-state index in [1.54, 1.807) is 0 Å². The Bertz CT molecular complexity index is 512. The van der Waals surface area contributed by atoms with Gasteiger partial charge in [-0.25, -0.2) is 4.98 Å². The van der Waals surface area contributed by atoms with E-state index in [0.29, 0.717) is 0 Å². The minimum absolute atomic E-state index is 0.797. The van der Waals surface area contributed by atoms with Gasteiger partial charge in [-0.1, -0.05) is 23.7 Å². The predicted octanol–water partition coefficient (Wildman–Crippen LogP) is 3.03. The van der Waals surface area contributed by atoms with Crippen molar-refractivity contribution in [3.05, 3.63) is 50.4 Å². The molecule has 0 unspecified atom stereocenters. The molecule has 1 aliphatic rings. The fourth-order valence-corrected chi connectivity index (χ4v) is 3.41. The van der Waals surface area contributed by atoms with Crippen LogP contribution in [-0.4, -0.2) is 11.5 Å². The minimum atomic E-state index is 0.797. The van der Waals surface area contributed by atoms with E-state index >= 15 is 0 Å². The Balaban J connectivity index is 1.83. The lowest BCUT2D eigenvalue weighted by molar-refractivity contribution is 0.643. The third-order valence-corrected chi connectivity index (χ3v) is 4.22. The van der Waals surface area contributed by atoms with E-state index in [1.807, 2.05) is 29.5 Å². The lowest BCUT2D eigenvalue weighted by atomic mass is 10.1. The van der Waals surface area contributed by atoms with Crippen molar-refractivity contribution in [1.82, 2.24) is 10.3 Å². The van der Waals surface area contributed by atoms with Crippen LogP contribution in [-0.2, 0) is 19.4 Å². The van der Waals surface area contributed by atoms with Crippen molar-refractivity contribution in [3.63, 3.8) is 0 Å². The summed E-state index contributed by atoms with van der Waals surface area (Å²) in [5, 5.41) is 5.37. The van der Waals surface area contributed by atoms with Crippen molar-refractivity contribution in [1.29, 1.82) is 0 Å². The van der Waals surface area contributed by atoms with Gasteiger partial charge >= 0.3 is 0 Å². The monoisotopic (exact) mass is 264 g/mol. The Kier molecular flexibility index (Phi) is 3.14. The van der Waals surface area contributed by atoms with Crippen LogP contribution >= 0.6 is 22.9 Å². The SMILES string of the molecule is Clc1cccc(Cc2nc3c(s2)CNCC3)c1. The van der Waals surface area contributed by atoms with Gasteiger partial charge in [0.25, 0.3) is 0 Å². The molecule has 2 heterocycles. The summed E-state index contributed by atoms with van der Waals surface area (Å²) in [7, 11) is 0. The third-order valence-electron chi connectivity index (χ3n) is 2.89. The number of aromatic nitrogens is 1. The maximum atomic E-state index is 5.99. The summed E-state index contributed by atoms with van der Waals surface area (Å²) >= 11 is 7.80. The van der Waals surface area contributed by atoms with E-state index in [2.05, 4.69) is 11.4 Å². The topological polar surface area (TPSA) is 24.9 Å². The Morgan fingerprint density at radius 2 is 2.35 bits per heavy atom. The molecule has 4 heteroatoms. The molecule has 0 saturated carbocycles. The molecule has 3 rings (SSSR count). The fraction of sp³-hybridized carbons (Fsp3) is 0.308. The molecular formula is C13H13ClN2S. The third kappa shape index (κ3) is 2.51. The maximum absolute atomic E-state index is 5.99. The van der Waals surface area contributed by atoms with Crippen LogP contribution in [0.4, 0.5) is 0 Å². The summed E-state index contributed by atoms with van der Waals surface area (Å²) in [6, 6.07) is 8.01. The Labute approximate surface area is 110 Å². The standard InChI is InChI=1S/C13H13ClN2S/c14-10-3-1-2-9(6-10)7-13-16-11-4-5-15-8-12(11)17-13/h1-3,6,15H,4-5,7-8H2. The van der Waals surface area contributed by atoms with Gasteiger partial charge in [-0.3, -0.25) is 0 Å². The molecule has 1 aromatic carbocycles. The maximum Gasteiger partial charge on any atom is 0.0975 e. The van der Waals surface area contributed by atoms with Crippen molar-refractivity contribution < 1.29 is 0 Å². The molecule has 0 radical (unpaired) electrons. The molecule has 0 aliphatic carbocycles. The molecule has 1 N–H and O–H groups in total. The highest BCUT2D eigenvalue weighted by Crippen LogP contribution is 2.24. The molecule has 0 spiro atoms. The normalized spacial score (nSPS) is 14.6. The summed E-state index contributed by atoms with van der Waals surface area (Å²) in [6.45, 7) is 2.02. The number of hydrogen-bond acceptors (Lipinski definition) is 3. The quantitative estimate of drug-likeness (QED) is 0.902.